The highest BCUT2D eigenvalue weighted by molar-refractivity contribution is 6.07. The van der Waals surface area contributed by atoms with Crippen LogP contribution in [-0.4, -0.2) is 26.0 Å². The predicted octanol–water partition coefficient (Wildman–Crippen LogP) is 0.441. The molecule has 3 amide bonds. The number of benzene rings is 1. The lowest BCUT2D eigenvalue weighted by Gasteiger charge is -2.25. The second-order valence-corrected chi connectivity index (χ2v) is 6.32. The zero-order chi connectivity index (χ0) is 19.1. The van der Waals surface area contributed by atoms with Crippen molar-refractivity contribution in [2.24, 2.45) is 14.1 Å². The van der Waals surface area contributed by atoms with Gasteiger partial charge in [0.05, 0.1) is 6.54 Å². The van der Waals surface area contributed by atoms with Crippen molar-refractivity contribution in [3.63, 3.8) is 0 Å². The van der Waals surface area contributed by atoms with Crippen molar-refractivity contribution in [3.05, 3.63) is 68.5 Å². The number of rotatable bonds is 4. The molecule has 1 saturated heterocycles. The van der Waals surface area contributed by atoms with Crippen LogP contribution in [-0.2, 0) is 31.0 Å². The Morgan fingerprint density at radius 3 is 2.27 bits per heavy atom. The molecule has 136 valence electrons. The fourth-order valence-electron chi connectivity index (χ4n) is 3.22. The third kappa shape index (κ3) is 2.54. The fraction of sp³-hybridized carbons (Fsp3) is 0.333. The van der Waals surface area contributed by atoms with Gasteiger partial charge in [-0.1, -0.05) is 37.3 Å². The minimum absolute atomic E-state index is 0.152. The van der Waals surface area contributed by atoms with Crippen LogP contribution in [0.5, 0.6) is 0 Å². The summed E-state index contributed by atoms with van der Waals surface area (Å²) >= 11 is 0. The van der Waals surface area contributed by atoms with E-state index in [2.05, 4.69) is 5.32 Å². The van der Waals surface area contributed by atoms with E-state index in [1.807, 2.05) is 13.0 Å². The zero-order valence-electron chi connectivity index (χ0n) is 14.9. The summed E-state index contributed by atoms with van der Waals surface area (Å²) in [6.07, 6.45) is 0.383. The van der Waals surface area contributed by atoms with Crippen LogP contribution in [0.15, 0.2) is 46.0 Å². The summed E-state index contributed by atoms with van der Waals surface area (Å²) in [6.45, 7) is 1.67. The highest BCUT2D eigenvalue weighted by atomic mass is 16.2. The third-order valence-corrected chi connectivity index (χ3v) is 4.92. The third-order valence-electron chi connectivity index (χ3n) is 4.92. The number of nitrogens with zero attached hydrogens (tertiary/aromatic N) is 3. The Morgan fingerprint density at radius 1 is 1.00 bits per heavy atom. The van der Waals surface area contributed by atoms with Crippen molar-refractivity contribution in [1.82, 2.24) is 19.4 Å². The minimum Gasteiger partial charge on any atom is -0.319 e. The Balaban J connectivity index is 2.01. The fourth-order valence-corrected chi connectivity index (χ4v) is 3.22. The number of carbonyl (C=O) groups is 2. The molecule has 8 nitrogen and oxygen atoms in total. The van der Waals surface area contributed by atoms with Gasteiger partial charge in [-0.25, -0.2) is 9.59 Å². The van der Waals surface area contributed by atoms with Crippen molar-refractivity contribution in [1.29, 1.82) is 0 Å². The molecule has 1 aromatic carbocycles. The second-order valence-electron chi connectivity index (χ2n) is 6.32. The number of nitrogens with one attached hydrogen (secondary N) is 1. The van der Waals surface area contributed by atoms with E-state index in [4.69, 9.17) is 0 Å². The topological polar surface area (TPSA) is 93.4 Å². The standard InChI is InChI=1S/C18H20N4O4/c1-4-18(12-8-6-5-7-9-12)15(24)22(16(25)19-18)11-13-10-14(23)21(3)17(26)20(13)2/h5-10H,4,11H2,1-3H3,(H,19,25)/t18-/m1/s1. The molecule has 0 radical (unpaired) electrons. The number of urea groups is 1. The molecule has 1 aromatic heterocycles. The van der Waals surface area contributed by atoms with Crippen LogP contribution in [0, 0.1) is 0 Å². The molecule has 1 aliphatic heterocycles. The van der Waals surface area contributed by atoms with E-state index in [9.17, 15) is 19.2 Å². The molecular weight excluding hydrogens is 336 g/mol. The molecule has 1 fully saturated rings. The van der Waals surface area contributed by atoms with Gasteiger partial charge in [-0.15, -0.1) is 0 Å². The van der Waals surface area contributed by atoms with Gasteiger partial charge < -0.3 is 5.32 Å². The molecule has 2 aromatic rings. The van der Waals surface area contributed by atoms with Gasteiger partial charge >= 0.3 is 11.7 Å². The SMILES string of the molecule is CC[C@]1(c2ccccc2)NC(=O)N(Cc2cc(=O)n(C)c(=O)n2C)C1=O. The molecule has 0 saturated carbocycles. The summed E-state index contributed by atoms with van der Waals surface area (Å²) in [7, 11) is 2.87. The molecule has 2 heterocycles. The first-order valence-corrected chi connectivity index (χ1v) is 8.27. The van der Waals surface area contributed by atoms with E-state index in [-0.39, 0.29) is 6.54 Å². The Labute approximate surface area is 149 Å². The first kappa shape index (κ1) is 17.7. The average Bonchev–Trinajstić information content (AvgIpc) is 2.90. The minimum atomic E-state index is -1.14. The van der Waals surface area contributed by atoms with E-state index < -0.39 is 28.7 Å². The van der Waals surface area contributed by atoms with Crippen LogP contribution < -0.4 is 16.6 Å². The maximum atomic E-state index is 13.1. The van der Waals surface area contributed by atoms with Crippen LogP contribution in [0.4, 0.5) is 4.79 Å². The van der Waals surface area contributed by atoms with Crippen LogP contribution in [0.1, 0.15) is 24.6 Å². The number of amides is 3. The van der Waals surface area contributed by atoms with Crippen molar-refractivity contribution in [2.45, 2.75) is 25.4 Å². The van der Waals surface area contributed by atoms with Gasteiger partial charge in [0.25, 0.3) is 11.5 Å². The molecule has 1 N–H and O–H groups in total. The Hall–Kier alpha value is -3.16. The molecule has 26 heavy (non-hydrogen) atoms. The highest BCUT2D eigenvalue weighted by Gasteiger charge is 2.51. The number of carbonyl (C=O) groups excluding carboxylic acids is 2. The molecule has 1 aliphatic rings. The van der Waals surface area contributed by atoms with Crippen LogP contribution in [0.2, 0.25) is 0 Å². The van der Waals surface area contributed by atoms with Crippen LogP contribution >= 0.6 is 0 Å². The quantitative estimate of drug-likeness (QED) is 0.805. The maximum absolute atomic E-state index is 13.1. The lowest BCUT2D eigenvalue weighted by molar-refractivity contribution is -0.132. The first-order valence-electron chi connectivity index (χ1n) is 8.27. The van der Waals surface area contributed by atoms with E-state index >= 15 is 0 Å². The molecule has 0 bridgehead atoms. The predicted molar refractivity (Wildman–Crippen MR) is 94.4 cm³/mol. The Morgan fingerprint density at radius 2 is 1.65 bits per heavy atom. The first-order chi connectivity index (χ1) is 12.3. The van der Waals surface area contributed by atoms with Crippen molar-refractivity contribution < 1.29 is 9.59 Å². The van der Waals surface area contributed by atoms with E-state index in [1.54, 1.807) is 24.3 Å². The largest absolute Gasteiger partial charge is 0.330 e. The summed E-state index contributed by atoms with van der Waals surface area (Å²) in [5.41, 5.74) is -1.15. The second kappa shape index (κ2) is 6.29. The molecule has 0 aliphatic carbocycles. The number of imide groups is 1. The Bertz CT molecular complexity index is 992. The van der Waals surface area contributed by atoms with Gasteiger partial charge in [0.1, 0.15) is 5.54 Å². The molecule has 0 spiro atoms. The molecule has 3 rings (SSSR count). The van der Waals surface area contributed by atoms with Crippen molar-refractivity contribution >= 4 is 11.9 Å². The number of aromatic nitrogens is 2. The van der Waals surface area contributed by atoms with E-state index in [1.165, 1.54) is 24.7 Å². The summed E-state index contributed by atoms with van der Waals surface area (Å²) in [4.78, 5) is 50.6. The van der Waals surface area contributed by atoms with Crippen molar-refractivity contribution in [2.75, 3.05) is 0 Å². The number of hydrogen-bond donors (Lipinski definition) is 1. The lowest BCUT2D eigenvalue weighted by atomic mass is 9.87. The van der Waals surface area contributed by atoms with Gasteiger partial charge in [-0.05, 0) is 12.0 Å². The van der Waals surface area contributed by atoms with Crippen LogP contribution in [0.25, 0.3) is 0 Å². The Kier molecular flexibility index (Phi) is 4.27. The molecule has 0 unspecified atom stereocenters. The van der Waals surface area contributed by atoms with Crippen molar-refractivity contribution in [3.8, 4) is 0 Å². The summed E-state index contributed by atoms with van der Waals surface area (Å²) in [6, 6.07) is 9.74. The molecule has 8 heteroatoms. The lowest BCUT2D eigenvalue weighted by Crippen LogP contribution is -2.43. The van der Waals surface area contributed by atoms with Gasteiger partial charge in [0, 0.05) is 25.9 Å². The normalized spacial score (nSPS) is 19.7. The van der Waals surface area contributed by atoms with E-state index in [0.717, 1.165) is 9.47 Å². The molecule has 1 atom stereocenters. The monoisotopic (exact) mass is 356 g/mol. The summed E-state index contributed by atoms with van der Waals surface area (Å²) in [5.74, 6) is -0.399. The maximum Gasteiger partial charge on any atom is 0.330 e. The zero-order valence-corrected chi connectivity index (χ0v) is 14.9. The highest BCUT2D eigenvalue weighted by Crippen LogP contribution is 2.32. The van der Waals surface area contributed by atoms with Gasteiger partial charge in [0.15, 0.2) is 0 Å². The van der Waals surface area contributed by atoms with E-state index in [0.29, 0.717) is 17.7 Å². The summed E-state index contributed by atoms with van der Waals surface area (Å²) < 4.78 is 2.23. The smallest absolute Gasteiger partial charge is 0.319 e. The van der Waals surface area contributed by atoms with Gasteiger partial charge in [0.2, 0.25) is 0 Å². The van der Waals surface area contributed by atoms with Gasteiger partial charge in [-0.3, -0.25) is 23.6 Å². The summed E-state index contributed by atoms with van der Waals surface area (Å²) in [5, 5.41) is 2.78. The number of hydrogen-bond acceptors (Lipinski definition) is 4. The van der Waals surface area contributed by atoms with Gasteiger partial charge in [-0.2, -0.15) is 0 Å². The average molecular weight is 356 g/mol. The van der Waals surface area contributed by atoms with Crippen LogP contribution in [0.3, 0.4) is 0 Å². The molecular formula is C18H20N4O4.